The van der Waals surface area contributed by atoms with Crippen molar-refractivity contribution in [2.45, 2.75) is 17.9 Å². The molecule has 0 unspecified atom stereocenters. The molecule has 0 spiro atoms. The van der Waals surface area contributed by atoms with Crippen LogP contribution in [0.5, 0.6) is 0 Å². The second-order valence-corrected chi connectivity index (χ2v) is 7.25. The van der Waals surface area contributed by atoms with Crippen LogP contribution in [0.3, 0.4) is 0 Å². The molecule has 1 heterocycles. The van der Waals surface area contributed by atoms with E-state index >= 15 is 0 Å². The standard InChI is InChI=1S/C14H18ClN3O2S/c1-18-11(7-9-17-18)6-8-16-10-12-13(15)4-3-5-14(12)21(2,19)20/h3-5,7,9,16H,6,8,10H2,1-2H3. The number of hydrogen-bond acceptors (Lipinski definition) is 4. The molecule has 21 heavy (non-hydrogen) atoms. The molecule has 0 aliphatic heterocycles. The van der Waals surface area contributed by atoms with Crippen LogP contribution in [0.25, 0.3) is 0 Å². The summed E-state index contributed by atoms with van der Waals surface area (Å²) in [5, 5.41) is 7.80. The number of aryl methyl sites for hydroxylation is 1. The van der Waals surface area contributed by atoms with E-state index in [0.717, 1.165) is 12.1 Å². The summed E-state index contributed by atoms with van der Waals surface area (Å²) in [5.74, 6) is 0. The molecule has 0 saturated heterocycles. The van der Waals surface area contributed by atoms with Crippen LogP contribution < -0.4 is 5.32 Å². The summed E-state index contributed by atoms with van der Waals surface area (Å²) < 4.78 is 25.4. The number of rotatable bonds is 6. The average molecular weight is 328 g/mol. The van der Waals surface area contributed by atoms with E-state index < -0.39 is 9.84 Å². The summed E-state index contributed by atoms with van der Waals surface area (Å²) in [5.41, 5.74) is 1.73. The zero-order valence-corrected chi connectivity index (χ0v) is 13.6. The highest BCUT2D eigenvalue weighted by molar-refractivity contribution is 7.90. The van der Waals surface area contributed by atoms with Gasteiger partial charge in [0.2, 0.25) is 0 Å². The molecule has 0 aliphatic carbocycles. The first-order valence-electron chi connectivity index (χ1n) is 6.54. The minimum atomic E-state index is -3.28. The van der Waals surface area contributed by atoms with Crippen LogP contribution in [-0.2, 0) is 29.9 Å². The molecule has 0 radical (unpaired) electrons. The van der Waals surface area contributed by atoms with Crippen LogP contribution in [0.2, 0.25) is 5.02 Å². The van der Waals surface area contributed by atoms with Crippen LogP contribution in [0, 0.1) is 0 Å². The van der Waals surface area contributed by atoms with Gasteiger partial charge in [-0.05, 0) is 18.2 Å². The molecule has 0 atom stereocenters. The lowest BCUT2D eigenvalue weighted by atomic mass is 10.2. The molecule has 0 amide bonds. The zero-order chi connectivity index (χ0) is 15.5. The van der Waals surface area contributed by atoms with E-state index in [9.17, 15) is 8.42 Å². The number of nitrogens with one attached hydrogen (secondary N) is 1. The van der Waals surface area contributed by atoms with Crippen molar-refractivity contribution in [3.63, 3.8) is 0 Å². The normalized spacial score (nSPS) is 11.8. The third-order valence-electron chi connectivity index (χ3n) is 3.26. The Labute approximate surface area is 129 Å². The molecule has 0 fully saturated rings. The van der Waals surface area contributed by atoms with Gasteiger partial charge in [0.25, 0.3) is 0 Å². The molecule has 0 aliphatic rings. The summed E-state index contributed by atoms with van der Waals surface area (Å²) in [7, 11) is -1.39. The van der Waals surface area contributed by atoms with E-state index in [0.29, 0.717) is 23.7 Å². The van der Waals surface area contributed by atoms with Crippen molar-refractivity contribution in [3.8, 4) is 0 Å². The fourth-order valence-corrected chi connectivity index (χ4v) is 3.39. The first kappa shape index (κ1) is 16.0. The third kappa shape index (κ3) is 4.06. The molecular weight excluding hydrogens is 310 g/mol. The summed E-state index contributed by atoms with van der Waals surface area (Å²) in [6.45, 7) is 1.13. The SMILES string of the molecule is Cn1nccc1CCNCc1c(Cl)cccc1S(C)(=O)=O. The Morgan fingerprint density at radius 3 is 2.71 bits per heavy atom. The Hall–Kier alpha value is -1.37. The largest absolute Gasteiger partial charge is 0.312 e. The summed E-state index contributed by atoms with van der Waals surface area (Å²) >= 11 is 6.12. The Balaban J connectivity index is 2.02. The first-order valence-corrected chi connectivity index (χ1v) is 8.81. The maximum atomic E-state index is 11.8. The first-order chi connectivity index (χ1) is 9.89. The molecule has 1 aromatic carbocycles. The Bertz CT molecular complexity index is 726. The molecule has 7 heteroatoms. The average Bonchev–Trinajstić information content (AvgIpc) is 2.80. The van der Waals surface area contributed by atoms with Crippen molar-refractivity contribution >= 4 is 21.4 Å². The van der Waals surface area contributed by atoms with Gasteiger partial charge in [0.15, 0.2) is 9.84 Å². The lowest BCUT2D eigenvalue weighted by Gasteiger charge is -2.11. The van der Waals surface area contributed by atoms with E-state index in [-0.39, 0.29) is 4.90 Å². The number of hydrogen-bond donors (Lipinski definition) is 1. The molecule has 0 bridgehead atoms. The lowest BCUT2D eigenvalue weighted by Crippen LogP contribution is -2.19. The smallest absolute Gasteiger partial charge is 0.175 e. The van der Waals surface area contributed by atoms with E-state index in [1.54, 1.807) is 24.4 Å². The lowest BCUT2D eigenvalue weighted by molar-refractivity contribution is 0.597. The molecule has 2 rings (SSSR count). The van der Waals surface area contributed by atoms with Gasteiger partial charge in [0.05, 0.1) is 4.90 Å². The van der Waals surface area contributed by atoms with Crippen LogP contribution in [0.4, 0.5) is 0 Å². The van der Waals surface area contributed by atoms with Crippen molar-refractivity contribution in [2.24, 2.45) is 7.05 Å². The van der Waals surface area contributed by atoms with Gasteiger partial charge in [-0.25, -0.2) is 8.42 Å². The second-order valence-electron chi connectivity index (χ2n) is 4.86. The van der Waals surface area contributed by atoms with Crippen molar-refractivity contribution in [3.05, 3.63) is 46.7 Å². The maximum absolute atomic E-state index is 11.8. The minimum Gasteiger partial charge on any atom is -0.312 e. The number of benzene rings is 1. The summed E-state index contributed by atoms with van der Waals surface area (Å²) in [6, 6.07) is 6.89. The van der Waals surface area contributed by atoms with Crippen LogP contribution in [0.1, 0.15) is 11.3 Å². The molecule has 1 aromatic heterocycles. The highest BCUT2D eigenvalue weighted by Gasteiger charge is 2.15. The predicted molar refractivity (Wildman–Crippen MR) is 83.2 cm³/mol. The quantitative estimate of drug-likeness (QED) is 0.822. The molecular formula is C14H18ClN3O2S. The van der Waals surface area contributed by atoms with Gasteiger partial charge in [-0.3, -0.25) is 4.68 Å². The predicted octanol–water partition coefficient (Wildman–Crippen LogP) is 1.81. The van der Waals surface area contributed by atoms with Crippen molar-refractivity contribution in [2.75, 3.05) is 12.8 Å². The number of sulfone groups is 1. The Morgan fingerprint density at radius 1 is 1.33 bits per heavy atom. The van der Waals surface area contributed by atoms with Crippen molar-refractivity contribution in [1.82, 2.24) is 15.1 Å². The fourth-order valence-electron chi connectivity index (χ4n) is 2.13. The number of aromatic nitrogens is 2. The van der Waals surface area contributed by atoms with Crippen molar-refractivity contribution < 1.29 is 8.42 Å². The van der Waals surface area contributed by atoms with Gasteiger partial charge in [-0.15, -0.1) is 0 Å². The van der Waals surface area contributed by atoms with Crippen molar-refractivity contribution in [1.29, 1.82) is 0 Å². The van der Waals surface area contributed by atoms with E-state index in [2.05, 4.69) is 10.4 Å². The number of halogens is 1. The fraction of sp³-hybridized carbons (Fsp3) is 0.357. The molecule has 0 saturated carbocycles. The minimum absolute atomic E-state index is 0.281. The molecule has 5 nitrogen and oxygen atoms in total. The van der Waals surface area contributed by atoms with E-state index in [4.69, 9.17) is 11.6 Å². The topological polar surface area (TPSA) is 64.0 Å². The number of nitrogens with zero attached hydrogens (tertiary/aromatic N) is 2. The van der Waals surface area contributed by atoms with Gasteiger partial charge in [0, 0.05) is 55.3 Å². The molecule has 1 N–H and O–H groups in total. The highest BCUT2D eigenvalue weighted by atomic mass is 35.5. The highest BCUT2D eigenvalue weighted by Crippen LogP contribution is 2.23. The zero-order valence-electron chi connectivity index (χ0n) is 12.0. The summed E-state index contributed by atoms with van der Waals surface area (Å²) in [6.07, 6.45) is 3.76. The van der Waals surface area contributed by atoms with Crippen LogP contribution in [-0.4, -0.2) is 31.0 Å². The van der Waals surface area contributed by atoms with E-state index in [1.807, 2.05) is 17.8 Å². The second kappa shape index (κ2) is 6.60. The molecule has 2 aromatic rings. The Kier molecular flexibility index (Phi) is 5.03. The van der Waals surface area contributed by atoms with Gasteiger partial charge >= 0.3 is 0 Å². The van der Waals surface area contributed by atoms with Crippen LogP contribution >= 0.6 is 11.6 Å². The monoisotopic (exact) mass is 327 g/mol. The third-order valence-corrected chi connectivity index (χ3v) is 4.79. The van der Waals surface area contributed by atoms with Gasteiger partial charge in [-0.1, -0.05) is 17.7 Å². The summed E-state index contributed by atoms with van der Waals surface area (Å²) in [4.78, 5) is 0.281. The maximum Gasteiger partial charge on any atom is 0.175 e. The van der Waals surface area contributed by atoms with Crippen LogP contribution in [0.15, 0.2) is 35.4 Å². The molecule has 114 valence electrons. The van der Waals surface area contributed by atoms with Gasteiger partial charge < -0.3 is 5.32 Å². The van der Waals surface area contributed by atoms with Gasteiger partial charge in [-0.2, -0.15) is 5.10 Å². The van der Waals surface area contributed by atoms with Gasteiger partial charge in [0.1, 0.15) is 0 Å². The Morgan fingerprint density at radius 2 is 2.10 bits per heavy atom. The van der Waals surface area contributed by atoms with E-state index in [1.165, 1.54) is 6.26 Å².